The van der Waals surface area contributed by atoms with Crippen LogP contribution in [0.25, 0.3) is 0 Å². The van der Waals surface area contributed by atoms with Crippen LogP contribution < -0.4 is 4.90 Å². The van der Waals surface area contributed by atoms with Crippen molar-refractivity contribution < 1.29 is 14.4 Å². The van der Waals surface area contributed by atoms with Crippen molar-refractivity contribution >= 4 is 23.2 Å². The van der Waals surface area contributed by atoms with Crippen molar-refractivity contribution in [1.29, 1.82) is 0 Å². The maximum absolute atomic E-state index is 14.2. The summed E-state index contributed by atoms with van der Waals surface area (Å²) in [5, 5.41) is 0. The molecule has 4 rings (SSSR count). The lowest BCUT2D eigenvalue weighted by Crippen LogP contribution is -2.64. The molecule has 2 unspecified atom stereocenters. The molecule has 190 valence electrons. The molecule has 1 fully saturated rings. The van der Waals surface area contributed by atoms with E-state index in [1.54, 1.807) is 14.1 Å². The van der Waals surface area contributed by atoms with Crippen molar-refractivity contribution in [2.75, 3.05) is 47.2 Å². The van der Waals surface area contributed by atoms with Gasteiger partial charge in [0.2, 0.25) is 5.91 Å². The van der Waals surface area contributed by atoms with Crippen molar-refractivity contribution in [2.24, 2.45) is 29.1 Å². The van der Waals surface area contributed by atoms with E-state index >= 15 is 0 Å². The number of amides is 1. The van der Waals surface area contributed by atoms with Gasteiger partial charge in [-0.05, 0) is 82.7 Å². The van der Waals surface area contributed by atoms with Gasteiger partial charge in [-0.25, -0.2) is 0 Å². The van der Waals surface area contributed by atoms with Gasteiger partial charge >= 0.3 is 0 Å². The van der Waals surface area contributed by atoms with E-state index in [-0.39, 0.29) is 41.3 Å². The third-order valence-corrected chi connectivity index (χ3v) is 9.35. The molecule has 35 heavy (non-hydrogen) atoms. The lowest BCUT2D eigenvalue weighted by atomic mass is 9.48. The molecule has 0 aliphatic heterocycles. The summed E-state index contributed by atoms with van der Waals surface area (Å²) < 4.78 is 0. The zero-order valence-corrected chi connectivity index (χ0v) is 23.0. The Morgan fingerprint density at radius 3 is 2.20 bits per heavy atom. The molecule has 0 spiro atoms. The number of rotatable bonds is 3. The lowest BCUT2D eigenvalue weighted by Gasteiger charge is -2.57. The molecule has 0 bridgehead atoms. The molecule has 1 aromatic rings. The highest BCUT2D eigenvalue weighted by Gasteiger charge is 2.62. The molecule has 6 atom stereocenters. The predicted octanol–water partition coefficient (Wildman–Crippen LogP) is 3.61. The zero-order chi connectivity index (χ0) is 26.1. The number of ketones is 2. The van der Waals surface area contributed by atoms with E-state index in [2.05, 4.69) is 36.9 Å². The van der Waals surface area contributed by atoms with Gasteiger partial charge in [0.25, 0.3) is 0 Å². The standard InChI is InChI=1S/C29H41N3O3/c1-15-11-12-21(30(5)6)19-13-18-14-20-25(31(7)8)16(2)23(28(35)32(9)10)27(34)29(20,4)17(3)24(18)26(33)22(15)19/h11-12,16,18,20,23,25H,13-14H2,1-10H3/t16?,18-,20-,23?,25+,29-/m0/s1. The molecule has 3 aliphatic rings. The smallest absolute Gasteiger partial charge is 0.233 e. The molecule has 1 saturated carbocycles. The van der Waals surface area contributed by atoms with Crippen LogP contribution in [0.15, 0.2) is 23.3 Å². The third kappa shape index (κ3) is 3.51. The highest BCUT2D eigenvalue weighted by atomic mass is 16.2. The van der Waals surface area contributed by atoms with Crippen LogP contribution in [0, 0.1) is 36.0 Å². The number of nitrogens with zero attached hydrogens (tertiary/aromatic N) is 3. The second-order valence-electron chi connectivity index (χ2n) is 11.9. The van der Waals surface area contributed by atoms with Crippen LogP contribution in [0.2, 0.25) is 0 Å². The summed E-state index contributed by atoms with van der Waals surface area (Å²) in [6.07, 6.45) is 1.58. The van der Waals surface area contributed by atoms with E-state index < -0.39 is 11.3 Å². The fourth-order valence-corrected chi connectivity index (χ4v) is 7.56. The summed E-state index contributed by atoms with van der Waals surface area (Å²) >= 11 is 0. The zero-order valence-electron chi connectivity index (χ0n) is 23.0. The second-order valence-corrected chi connectivity index (χ2v) is 11.9. The minimum Gasteiger partial charge on any atom is -0.377 e. The molecule has 0 radical (unpaired) electrons. The van der Waals surface area contributed by atoms with Crippen LogP contribution >= 0.6 is 0 Å². The van der Waals surface area contributed by atoms with Gasteiger partial charge in [-0.2, -0.15) is 0 Å². The Morgan fingerprint density at radius 1 is 1.03 bits per heavy atom. The maximum Gasteiger partial charge on any atom is 0.233 e. The van der Waals surface area contributed by atoms with Crippen molar-refractivity contribution in [2.45, 2.75) is 46.6 Å². The second kappa shape index (κ2) is 8.58. The Bertz CT molecular complexity index is 1130. The molecule has 1 amide bonds. The Balaban J connectivity index is 1.94. The summed E-state index contributed by atoms with van der Waals surface area (Å²) in [4.78, 5) is 47.4. The average Bonchev–Trinajstić information content (AvgIpc) is 2.75. The third-order valence-electron chi connectivity index (χ3n) is 9.35. The molecular weight excluding hydrogens is 438 g/mol. The number of benzene rings is 1. The van der Waals surface area contributed by atoms with E-state index in [0.29, 0.717) is 0 Å². The van der Waals surface area contributed by atoms with Crippen molar-refractivity contribution in [3.63, 3.8) is 0 Å². The first-order valence-corrected chi connectivity index (χ1v) is 12.7. The number of fused-ring (bicyclic) bond motifs is 3. The molecular formula is C29H41N3O3. The van der Waals surface area contributed by atoms with Gasteiger partial charge in [0, 0.05) is 51.1 Å². The van der Waals surface area contributed by atoms with E-state index in [9.17, 15) is 14.4 Å². The van der Waals surface area contributed by atoms with Gasteiger partial charge in [0.05, 0.1) is 5.41 Å². The first-order valence-electron chi connectivity index (χ1n) is 12.7. The van der Waals surface area contributed by atoms with Gasteiger partial charge in [-0.1, -0.05) is 18.6 Å². The van der Waals surface area contributed by atoms with Gasteiger partial charge in [0.15, 0.2) is 11.6 Å². The molecule has 0 heterocycles. The average molecular weight is 480 g/mol. The largest absolute Gasteiger partial charge is 0.377 e. The number of hydrogen-bond donors (Lipinski definition) is 0. The molecule has 0 N–H and O–H groups in total. The number of anilines is 1. The fraction of sp³-hybridized carbons (Fsp3) is 0.621. The summed E-state index contributed by atoms with van der Waals surface area (Å²) in [5.41, 5.74) is 4.85. The van der Waals surface area contributed by atoms with Crippen molar-refractivity contribution in [3.05, 3.63) is 40.0 Å². The van der Waals surface area contributed by atoms with Gasteiger partial charge in [-0.15, -0.1) is 0 Å². The molecule has 0 aromatic heterocycles. The van der Waals surface area contributed by atoms with Crippen LogP contribution in [-0.4, -0.2) is 75.6 Å². The van der Waals surface area contributed by atoms with Gasteiger partial charge < -0.3 is 14.7 Å². The van der Waals surface area contributed by atoms with Crippen LogP contribution in [0.5, 0.6) is 0 Å². The molecule has 1 aromatic carbocycles. The van der Waals surface area contributed by atoms with Crippen LogP contribution in [-0.2, 0) is 16.0 Å². The molecule has 0 saturated heterocycles. The highest BCUT2D eigenvalue weighted by Crippen LogP contribution is 2.58. The van der Waals surface area contributed by atoms with Gasteiger partial charge in [0.1, 0.15) is 5.92 Å². The maximum atomic E-state index is 14.2. The quantitative estimate of drug-likeness (QED) is 0.620. The Kier molecular flexibility index (Phi) is 6.28. The first-order chi connectivity index (χ1) is 16.2. The Labute approximate surface area is 210 Å². The Morgan fingerprint density at radius 2 is 1.66 bits per heavy atom. The van der Waals surface area contributed by atoms with E-state index in [0.717, 1.165) is 46.4 Å². The summed E-state index contributed by atoms with van der Waals surface area (Å²) in [6.45, 7) is 8.04. The SMILES string of the molecule is CC1=C2C(=O)c3c(C)ccc(N(C)C)c3C[C@H]2C[C@H]2[C@H](N(C)C)C(C)C(C(=O)N(C)C)C(=O)[C@@]12C. The first kappa shape index (κ1) is 25.6. The van der Waals surface area contributed by atoms with Crippen LogP contribution in [0.1, 0.15) is 48.7 Å². The Hall–Kier alpha value is -2.47. The lowest BCUT2D eigenvalue weighted by molar-refractivity contribution is -0.156. The van der Waals surface area contributed by atoms with E-state index in [4.69, 9.17) is 0 Å². The van der Waals surface area contributed by atoms with E-state index in [1.165, 1.54) is 4.90 Å². The summed E-state index contributed by atoms with van der Waals surface area (Å²) in [5.74, 6) is -0.782. The number of Topliss-reactive ketones (excluding diaryl/α,β-unsaturated/α-hetero) is 2. The molecule has 6 heteroatoms. The van der Waals surface area contributed by atoms with Crippen LogP contribution in [0.4, 0.5) is 5.69 Å². The highest BCUT2D eigenvalue weighted by molar-refractivity contribution is 6.15. The number of hydrogen-bond acceptors (Lipinski definition) is 5. The van der Waals surface area contributed by atoms with E-state index in [1.807, 2.05) is 40.9 Å². The number of carbonyl (C=O) groups excluding carboxylic acids is 3. The minimum absolute atomic E-state index is 0.0207. The molecule has 6 nitrogen and oxygen atoms in total. The number of aryl methyl sites for hydroxylation is 1. The summed E-state index contributed by atoms with van der Waals surface area (Å²) in [7, 11) is 11.6. The molecule has 3 aliphatic carbocycles. The minimum atomic E-state index is -0.843. The summed E-state index contributed by atoms with van der Waals surface area (Å²) in [6, 6.07) is 4.20. The van der Waals surface area contributed by atoms with Crippen LogP contribution in [0.3, 0.4) is 0 Å². The van der Waals surface area contributed by atoms with Gasteiger partial charge in [-0.3, -0.25) is 14.4 Å². The topological polar surface area (TPSA) is 60.9 Å². The normalized spacial score (nSPS) is 32.3. The van der Waals surface area contributed by atoms with Crippen molar-refractivity contribution in [1.82, 2.24) is 9.80 Å². The predicted molar refractivity (Wildman–Crippen MR) is 140 cm³/mol. The van der Waals surface area contributed by atoms with Crippen molar-refractivity contribution in [3.8, 4) is 0 Å². The number of allylic oxidation sites excluding steroid dienone is 2. The fourth-order valence-electron chi connectivity index (χ4n) is 7.56. The number of carbonyl (C=O) groups is 3. The monoisotopic (exact) mass is 479 g/mol.